The summed E-state index contributed by atoms with van der Waals surface area (Å²) in [7, 11) is 0. The van der Waals surface area contributed by atoms with Crippen LogP contribution in [0, 0.1) is 0 Å². The molecule has 2 rings (SSSR count). The number of rotatable bonds is 1. The Kier molecular flexibility index (Phi) is 3.43. The maximum Gasteiger partial charge on any atom is 0.148 e. The first-order valence-corrected chi connectivity index (χ1v) is 6.18. The molecule has 0 aliphatic carbocycles. The predicted octanol–water partition coefficient (Wildman–Crippen LogP) is 5.42. The van der Waals surface area contributed by atoms with Gasteiger partial charge in [-0.15, -0.1) is 11.3 Å². The fourth-order valence-electron chi connectivity index (χ4n) is 1.06. The molecule has 2 heterocycles. The summed E-state index contributed by atoms with van der Waals surface area (Å²) in [5, 5.41) is 1.04. The van der Waals surface area contributed by atoms with Gasteiger partial charge in [0.1, 0.15) is 10.8 Å². The number of pyridine rings is 1. The molecule has 0 bridgehead atoms. The molecule has 78 valence electrons. The van der Waals surface area contributed by atoms with Gasteiger partial charge in [0.25, 0.3) is 0 Å². The minimum absolute atomic E-state index is 0.237. The summed E-state index contributed by atoms with van der Waals surface area (Å²) in [6.07, 6.45) is 0. The van der Waals surface area contributed by atoms with Crippen molar-refractivity contribution in [1.29, 1.82) is 0 Å². The van der Waals surface area contributed by atoms with E-state index in [0.29, 0.717) is 20.1 Å². The van der Waals surface area contributed by atoms with Crippen molar-refractivity contribution in [2.45, 2.75) is 0 Å². The summed E-state index contributed by atoms with van der Waals surface area (Å²) < 4.78 is 0.675. The van der Waals surface area contributed by atoms with Crippen molar-refractivity contribution in [2.24, 2.45) is 0 Å². The van der Waals surface area contributed by atoms with Crippen LogP contribution in [-0.4, -0.2) is 4.98 Å². The number of halogens is 4. The van der Waals surface area contributed by atoms with Crippen LogP contribution in [0.3, 0.4) is 0 Å². The lowest BCUT2D eigenvalue weighted by atomic mass is 10.3. The van der Waals surface area contributed by atoms with E-state index >= 15 is 0 Å². The summed E-state index contributed by atoms with van der Waals surface area (Å²) in [4.78, 5) is 4.97. The van der Waals surface area contributed by atoms with Crippen LogP contribution >= 0.6 is 57.7 Å². The van der Waals surface area contributed by atoms with E-state index in [0.717, 1.165) is 4.88 Å². The zero-order chi connectivity index (χ0) is 11.0. The zero-order valence-electron chi connectivity index (χ0n) is 7.10. The quantitative estimate of drug-likeness (QED) is 0.640. The molecular weight excluding hydrogens is 296 g/mol. The molecule has 0 unspecified atom stereocenters. The topological polar surface area (TPSA) is 12.9 Å². The second-order valence-corrected chi connectivity index (χ2v) is 5.58. The lowest BCUT2D eigenvalue weighted by Gasteiger charge is -2.02. The van der Waals surface area contributed by atoms with Crippen LogP contribution in [0.5, 0.6) is 0 Å². The Bertz CT molecular complexity index is 509. The lowest BCUT2D eigenvalue weighted by molar-refractivity contribution is 1.34. The minimum Gasteiger partial charge on any atom is -0.232 e. The third kappa shape index (κ3) is 2.40. The van der Waals surface area contributed by atoms with Crippen molar-refractivity contribution in [3.05, 3.63) is 37.7 Å². The maximum atomic E-state index is 6.00. The van der Waals surface area contributed by atoms with Crippen LogP contribution < -0.4 is 0 Å². The van der Waals surface area contributed by atoms with Crippen molar-refractivity contribution >= 4 is 57.7 Å². The molecule has 0 aliphatic heterocycles. The molecule has 2 aromatic heterocycles. The molecule has 0 saturated carbocycles. The molecule has 15 heavy (non-hydrogen) atoms. The molecule has 1 nitrogen and oxygen atoms in total. The van der Waals surface area contributed by atoms with Gasteiger partial charge in [-0.05, 0) is 18.2 Å². The highest BCUT2D eigenvalue weighted by atomic mass is 35.5. The van der Waals surface area contributed by atoms with Crippen LogP contribution in [0.1, 0.15) is 0 Å². The first-order chi connectivity index (χ1) is 7.08. The largest absolute Gasteiger partial charge is 0.232 e. The second kappa shape index (κ2) is 4.48. The van der Waals surface area contributed by atoms with Crippen molar-refractivity contribution in [3.8, 4) is 10.6 Å². The predicted molar refractivity (Wildman–Crippen MR) is 67.6 cm³/mol. The molecule has 0 fully saturated rings. The van der Waals surface area contributed by atoms with E-state index in [1.807, 2.05) is 6.07 Å². The lowest BCUT2D eigenvalue weighted by Crippen LogP contribution is -1.84. The van der Waals surface area contributed by atoms with Gasteiger partial charge < -0.3 is 0 Å². The molecule has 0 aromatic carbocycles. The number of nitrogens with zero attached hydrogens (tertiary/aromatic N) is 1. The van der Waals surface area contributed by atoms with E-state index in [9.17, 15) is 0 Å². The summed E-state index contributed by atoms with van der Waals surface area (Å²) in [5.74, 6) is 0. The van der Waals surface area contributed by atoms with Crippen LogP contribution in [0.4, 0.5) is 0 Å². The average Bonchev–Trinajstić information content (AvgIpc) is 2.58. The van der Waals surface area contributed by atoms with Gasteiger partial charge in [0, 0.05) is 0 Å². The van der Waals surface area contributed by atoms with Crippen molar-refractivity contribution in [1.82, 2.24) is 4.98 Å². The fourth-order valence-corrected chi connectivity index (χ4v) is 2.76. The Morgan fingerprint density at radius 2 is 1.73 bits per heavy atom. The highest BCUT2D eigenvalue weighted by molar-refractivity contribution is 7.19. The van der Waals surface area contributed by atoms with Gasteiger partial charge in [0.2, 0.25) is 0 Å². The van der Waals surface area contributed by atoms with E-state index < -0.39 is 0 Å². The Morgan fingerprint density at radius 1 is 1.00 bits per heavy atom. The molecule has 6 heteroatoms. The summed E-state index contributed by atoms with van der Waals surface area (Å²) in [6.45, 7) is 0. The summed E-state index contributed by atoms with van der Waals surface area (Å²) in [5.41, 5.74) is 0.600. The summed E-state index contributed by atoms with van der Waals surface area (Å²) in [6, 6.07) is 5.19. The van der Waals surface area contributed by atoms with E-state index in [4.69, 9.17) is 46.4 Å². The van der Waals surface area contributed by atoms with E-state index in [2.05, 4.69) is 4.98 Å². The van der Waals surface area contributed by atoms with E-state index in [-0.39, 0.29) is 5.15 Å². The van der Waals surface area contributed by atoms with Gasteiger partial charge in [-0.3, -0.25) is 0 Å². The van der Waals surface area contributed by atoms with Crippen molar-refractivity contribution in [3.63, 3.8) is 0 Å². The van der Waals surface area contributed by atoms with Crippen LogP contribution in [-0.2, 0) is 0 Å². The van der Waals surface area contributed by atoms with Gasteiger partial charge in [0.05, 0.1) is 19.3 Å². The molecule has 0 N–H and O–H groups in total. The monoisotopic (exact) mass is 297 g/mol. The molecule has 0 radical (unpaired) electrons. The average molecular weight is 299 g/mol. The van der Waals surface area contributed by atoms with E-state index in [1.165, 1.54) is 11.3 Å². The Morgan fingerprint density at radius 3 is 2.33 bits per heavy atom. The number of thiophene rings is 1. The highest BCUT2D eigenvalue weighted by Gasteiger charge is 2.11. The molecule has 0 saturated heterocycles. The van der Waals surface area contributed by atoms with Crippen LogP contribution in [0.25, 0.3) is 10.6 Å². The van der Waals surface area contributed by atoms with E-state index in [1.54, 1.807) is 12.1 Å². The van der Waals surface area contributed by atoms with Crippen molar-refractivity contribution in [2.75, 3.05) is 0 Å². The number of aromatic nitrogens is 1. The Labute approximate surface area is 111 Å². The molecule has 2 aromatic rings. The number of hydrogen-bond donors (Lipinski definition) is 0. The zero-order valence-corrected chi connectivity index (χ0v) is 10.9. The van der Waals surface area contributed by atoms with Gasteiger partial charge in [-0.1, -0.05) is 46.4 Å². The minimum atomic E-state index is 0.237. The SMILES string of the molecule is Clc1ccc(-c2nc(Cl)c(Cl)cc2Cl)s1. The Balaban J connectivity index is 2.58. The molecule has 0 amide bonds. The van der Waals surface area contributed by atoms with Crippen LogP contribution in [0.15, 0.2) is 18.2 Å². The smallest absolute Gasteiger partial charge is 0.148 e. The third-order valence-corrected chi connectivity index (χ3v) is 3.89. The normalized spacial score (nSPS) is 10.7. The van der Waals surface area contributed by atoms with Gasteiger partial charge in [-0.2, -0.15) is 0 Å². The van der Waals surface area contributed by atoms with Gasteiger partial charge in [-0.25, -0.2) is 4.98 Å². The van der Waals surface area contributed by atoms with Gasteiger partial charge >= 0.3 is 0 Å². The molecule has 0 spiro atoms. The third-order valence-electron chi connectivity index (χ3n) is 1.69. The summed E-state index contributed by atoms with van der Waals surface area (Å²) >= 11 is 24.8. The highest BCUT2D eigenvalue weighted by Crippen LogP contribution is 2.36. The standard InChI is InChI=1S/C9H3Cl4NS/c10-4-3-5(11)9(13)14-8(4)6-1-2-7(12)15-6/h1-3H. The van der Waals surface area contributed by atoms with Crippen LogP contribution in [0.2, 0.25) is 19.5 Å². The Hall–Kier alpha value is 0.01000. The first kappa shape index (κ1) is 11.5. The number of hydrogen-bond acceptors (Lipinski definition) is 2. The van der Waals surface area contributed by atoms with Gasteiger partial charge in [0.15, 0.2) is 0 Å². The fraction of sp³-hybridized carbons (Fsp3) is 0. The second-order valence-electron chi connectivity index (χ2n) is 2.70. The molecular formula is C9H3Cl4NS. The first-order valence-electron chi connectivity index (χ1n) is 3.85. The molecule has 0 atom stereocenters. The van der Waals surface area contributed by atoms with Crippen molar-refractivity contribution < 1.29 is 0 Å². The maximum absolute atomic E-state index is 6.00. The molecule has 0 aliphatic rings.